The molecule has 2 heteroatoms. The minimum atomic E-state index is 0.708. The summed E-state index contributed by atoms with van der Waals surface area (Å²) in [4.78, 5) is 2.84. The van der Waals surface area contributed by atoms with Gasteiger partial charge in [0.2, 0.25) is 0 Å². The quantitative estimate of drug-likeness (QED) is 0.841. The van der Waals surface area contributed by atoms with Crippen LogP contribution in [0.3, 0.4) is 0 Å². The Bertz CT molecular complexity index is 278. The molecule has 0 bridgehead atoms. The van der Waals surface area contributed by atoms with E-state index in [-0.39, 0.29) is 0 Å². The molecule has 1 N–H and O–H groups in total. The van der Waals surface area contributed by atoms with Gasteiger partial charge < -0.3 is 5.32 Å². The summed E-state index contributed by atoms with van der Waals surface area (Å²) in [5.74, 6) is 2.64. The number of hydrogen-bond donors (Lipinski definition) is 1. The average molecular weight is 266 g/mol. The SMILES string of the molecule is CCNC1CC(C)CC(C)C1N1CCC(C)CC1C. The van der Waals surface area contributed by atoms with Gasteiger partial charge in [-0.25, -0.2) is 0 Å². The third-order valence-corrected chi connectivity index (χ3v) is 5.46. The van der Waals surface area contributed by atoms with Gasteiger partial charge in [-0.15, -0.1) is 0 Å². The Morgan fingerprint density at radius 3 is 2.37 bits per heavy atom. The molecule has 0 aromatic rings. The summed E-state index contributed by atoms with van der Waals surface area (Å²) in [6.45, 7) is 14.5. The fourth-order valence-corrected chi connectivity index (χ4v) is 4.73. The molecule has 0 amide bonds. The van der Waals surface area contributed by atoms with E-state index >= 15 is 0 Å². The van der Waals surface area contributed by atoms with E-state index in [4.69, 9.17) is 0 Å². The molecule has 0 aromatic carbocycles. The normalized spacial score (nSPS) is 45.3. The summed E-state index contributed by atoms with van der Waals surface area (Å²) in [5, 5.41) is 3.78. The highest BCUT2D eigenvalue weighted by Gasteiger charge is 2.40. The Kier molecular flexibility index (Phi) is 5.30. The average Bonchev–Trinajstić information content (AvgIpc) is 2.31. The second-order valence-corrected chi connectivity index (χ2v) is 7.43. The third-order valence-electron chi connectivity index (χ3n) is 5.46. The lowest BCUT2D eigenvalue weighted by molar-refractivity contribution is 0.00637. The Hall–Kier alpha value is -0.0800. The van der Waals surface area contributed by atoms with Crippen LogP contribution in [0.2, 0.25) is 0 Å². The molecule has 2 aliphatic rings. The maximum absolute atomic E-state index is 3.78. The molecule has 6 unspecified atom stereocenters. The molecule has 1 aliphatic carbocycles. The standard InChI is InChI=1S/C17H34N2/c1-6-18-16-11-13(3)9-14(4)17(16)19-8-7-12(2)10-15(19)5/h12-18H,6-11H2,1-5H3. The van der Waals surface area contributed by atoms with Crippen molar-refractivity contribution in [3.8, 4) is 0 Å². The van der Waals surface area contributed by atoms with Gasteiger partial charge in [0.1, 0.15) is 0 Å². The molecule has 6 atom stereocenters. The maximum Gasteiger partial charge on any atom is 0.0277 e. The van der Waals surface area contributed by atoms with Crippen LogP contribution in [-0.4, -0.2) is 36.1 Å². The molecule has 1 saturated carbocycles. The van der Waals surface area contributed by atoms with Crippen LogP contribution in [0.15, 0.2) is 0 Å². The first-order valence-electron chi connectivity index (χ1n) is 8.52. The van der Waals surface area contributed by atoms with Crippen LogP contribution in [0.1, 0.15) is 60.3 Å². The van der Waals surface area contributed by atoms with Crippen molar-refractivity contribution < 1.29 is 0 Å². The second-order valence-electron chi connectivity index (χ2n) is 7.43. The van der Waals surface area contributed by atoms with Gasteiger partial charge in [0, 0.05) is 18.1 Å². The van der Waals surface area contributed by atoms with E-state index in [0.29, 0.717) is 6.04 Å². The molecular weight excluding hydrogens is 232 g/mol. The first-order valence-corrected chi connectivity index (χ1v) is 8.52. The maximum atomic E-state index is 3.78. The molecule has 0 spiro atoms. The van der Waals surface area contributed by atoms with Gasteiger partial charge in [0.15, 0.2) is 0 Å². The Balaban J connectivity index is 2.09. The summed E-state index contributed by atoms with van der Waals surface area (Å²) >= 11 is 0. The lowest BCUT2D eigenvalue weighted by Gasteiger charge is -2.50. The number of likely N-dealkylation sites (N-methyl/N-ethyl adjacent to an activating group) is 1. The van der Waals surface area contributed by atoms with Crippen LogP contribution < -0.4 is 5.32 Å². The predicted octanol–water partition coefficient (Wildman–Crippen LogP) is 3.52. The van der Waals surface area contributed by atoms with Gasteiger partial charge in [-0.3, -0.25) is 4.90 Å². The molecule has 19 heavy (non-hydrogen) atoms. The zero-order valence-corrected chi connectivity index (χ0v) is 13.7. The highest BCUT2D eigenvalue weighted by molar-refractivity contribution is 4.96. The van der Waals surface area contributed by atoms with E-state index in [1.165, 1.54) is 32.2 Å². The third kappa shape index (κ3) is 3.52. The summed E-state index contributed by atoms with van der Waals surface area (Å²) in [5.41, 5.74) is 0. The molecule has 1 aliphatic heterocycles. The molecule has 1 heterocycles. The number of nitrogens with zero attached hydrogens (tertiary/aromatic N) is 1. The number of nitrogens with one attached hydrogen (secondary N) is 1. The minimum absolute atomic E-state index is 0.708. The molecule has 1 saturated heterocycles. The molecule has 0 aromatic heterocycles. The van der Waals surface area contributed by atoms with Gasteiger partial charge in [0.05, 0.1) is 0 Å². The second kappa shape index (κ2) is 6.58. The highest BCUT2D eigenvalue weighted by atomic mass is 15.2. The van der Waals surface area contributed by atoms with Crippen molar-refractivity contribution in [1.29, 1.82) is 0 Å². The van der Waals surface area contributed by atoms with Crippen LogP contribution in [0, 0.1) is 17.8 Å². The van der Waals surface area contributed by atoms with Gasteiger partial charge in [-0.1, -0.05) is 27.7 Å². The van der Waals surface area contributed by atoms with Crippen molar-refractivity contribution in [2.24, 2.45) is 17.8 Å². The minimum Gasteiger partial charge on any atom is -0.313 e. The first kappa shape index (κ1) is 15.3. The lowest BCUT2D eigenvalue weighted by Crippen LogP contribution is -2.60. The number of likely N-dealkylation sites (tertiary alicyclic amines) is 1. The van der Waals surface area contributed by atoms with Crippen molar-refractivity contribution in [3.63, 3.8) is 0 Å². The van der Waals surface area contributed by atoms with Gasteiger partial charge >= 0.3 is 0 Å². The Labute approximate surface area is 120 Å². The van der Waals surface area contributed by atoms with Crippen LogP contribution in [0.25, 0.3) is 0 Å². The van der Waals surface area contributed by atoms with E-state index in [9.17, 15) is 0 Å². The largest absolute Gasteiger partial charge is 0.313 e. The van der Waals surface area contributed by atoms with Crippen LogP contribution >= 0.6 is 0 Å². The van der Waals surface area contributed by atoms with Crippen molar-refractivity contribution in [2.45, 2.75) is 78.4 Å². The van der Waals surface area contributed by atoms with Crippen LogP contribution in [0.4, 0.5) is 0 Å². The smallest absolute Gasteiger partial charge is 0.0277 e. The van der Waals surface area contributed by atoms with Crippen molar-refractivity contribution in [1.82, 2.24) is 10.2 Å². The fraction of sp³-hybridized carbons (Fsp3) is 1.00. The summed E-state index contributed by atoms with van der Waals surface area (Å²) < 4.78 is 0. The zero-order chi connectivity index (χ0) is 14.0. The van der Waals surface area contributed by atoms with Gasteiger partial charge in [-0.2, -0.15) is 0 Å². The monoisotopic (exact) mass is 266 g/mol. The number of rotatable bonds is 3. The van der Waals surface area contributed by atoms with Crippen molar-refractivity contribution in [2.75, 3.05) is 13.1 Å². The van der Waals surface area contributed by atoms with Gasteiger partial charge in [0.25, 0.3) is 0 Å². The van der Waals surface area contributed by atoms with Crippen molar-refractivity contribution >= 4 is 0 Å². The molecule has 2 rings (SSSR count). The van der Waals surface area contributed by atoms with E-state index in [2.05, 4.69) is 44.8 Å². The van der Waals surface area contributed by atoms with E-state index in [1.807, 2.05) is 0 Å². The Morgan fingerprint density at radius 2 is 1.74 bits per heavy atom. The van der Waals surface area contributed by atoms with Crippen molar-refractivity contribution in [3.05, 3.63) is 0 Å². The molecular formula is C17H34N2. The molecule has 2 fully saturated rings. The number of hydrogen-bond acceptors (Lipinski definition) is 2. The molecule has 2 nitrogen and oxygen atoms in total. The highest BCUT2D eigenvalue weighted by Crippen LogP contribution is 2.36. The zero-order valence-electron chi connectivity index (χ0n) is 13.7. The predicted molar refractivity (Wildman–Crippen MR) is 83.4 cm³/mol. The fourth-order valence-electron chi connectivity index (χ4n) is 4.73. The van der Waals surface area contributed by atoms with E-state index in [1.54, 1.807) is 0 Å². The summed E-state index contributed by atoms with van der Waals surface area (Å²) in [6, 6.07) is 2.24. The van der Waals surface area contributed by atoms with E-state index in [0.717, 1.165) is 36.4 Å². The molecule has 112 valence electrons. The molecule has 0 radical (unpaired) electrons. The van der Waals surface area contributed by atoms with Crippen LogP contribution in [-0.2, 0) is 0 Å². The Morgan fingerprint density at radius 1 is 1.00 bits per heavy atom. The summed E-state index contributed by atoms with van der Waals surface area (Å²) in [6.07, 6.45) is 5.55. The number of piperidine rings is 1. The van der Waals surface area contributed by atoms with E-state index < -0.39 is 0 Å². The topological polar surface area (TPSA) is 15.3 Å². The van der Waals surface area contributed by atoms with Crippen LogP contribution in [0.5, 0.6) is 0 Å². The van der Waals surface area contributed by atoms with Gasteiger partial charge in [-0.05, 0) is 63.5 Å². The first-order chi connectivity index (χ1) is 9.02. The lowest BCUT2D eigenvalue weighted by atomic mass is 9.74. The summed E-state index contributed by atoms with van der Waals surface area (Å²) in [7, 11) is 0.